The standard InChI is InChI=1S/C15H22N2O4/c1-19-10-4-6-17(7-5-10)15(18)11-8-13(20-2)14(21-3)9-12(11)16/h8-10H,4-7,16H2,1-3H3. The zero-order valence-electron chi connectivity index (χ0n) is 12.7. The highest BCUT2D eigenvalue weighted by molar-refractivity contribution is 6.00. The smallest absolute Gasteiger partial charge is 0.256 e. The highest BCUT2D eigenvalue weighted by atomic mass is 16.5. The van der Waals surface area contributed by atoms with Gasteiger partial charge in [0.2, 0.25) is 0 Å². The van der Waals surface area contributed by atoms with E-state index in [1.165, 1.54) is 14.2 Å². The highest BCUT2D eigenvalue weighted by Gasteiger charge is 2.25. The minimum atomic E-state index is -0.0805. The lowest BCUT2D eigenvalue weighted by atomic mass is 10.1. The molecule has 1 amide bonds. The number of ether oxygens (including phenoxy) is 3. The first-order chi connectivity index (χ1) is 10.1. The van der Waals surface area contributed by atoms with Gasteiger partial charge in [-0.3, -0.25) is 4.79 Å². The zero-order chi connectivity index (χ0) is 15.4. The maximum Gasteiger partial charge on any atom is 0.256 e. The molecule has 1 heterocycles. The number of hydrogen-bond acceptors (Lipinski definition) is 5. The Labute approximate surface area is 124 Å². The molecule has 0 bridgehead atoms. The summed E-state index contributed by atoms with van der Waals surface area (Å²) in [5.74, 6) is 0.939. The predicted molar refractivity (Wildman–Crippen MR) is 79.9 cm³/mol. The second kappa shape index (κ2) is 6.67. The summed E-state index contributed by atoms with van der Waals surface area (Å²) in [6, 6.07) is 3.26. The van der Waals surface area contributed by atoms with Crippen LogP contribution < -0.4 is 15.2 Å². The SMILES string of the molecule is COc1cc(N)c(C(=O)N2CCC(OC)CC2)cc1OC. The second-order valence-corrected chi connectivity index (χ2v) is 5.02. The Hall–Kier alpha value is -1.95. The van der Waals surface area contributed by atoms with E-state index in [1.807, 2.05) is 0 Å². The lowest BCUT2D eigenvalue weighted by Crippen LogP contribution is -2.40. The average molecular weight is 294 g/mol. The van der Waals surface area contributed by atoms with Gasteiger partial charge in [-0.05, 0) is 18.9 Å². The zero-order valence-corrected chi connectivity index (χ0v) is 12.7. The number of anilines is 1. The molecule has 2 N–H and O–H groups in total. The molecule has 0 aromatic heterocycles. The number of carbonyl (C=O) groups excluding carboxylic acids is 1. The maximum absolute atomic E-state index is 12.6. The van der Waals surface area contributed by atoms with Crippen LogP contribution in [0.4, 0.5) is 5.69 Å². The van der Waals surface area contributed by atoms with Gasteiger partial charge in [0.05, 0.1) is 25.9 Å². The van der Waals surface area contributed by atoms with Gasteiger partial charge in [-0.25, -0.2) is 0 Å². The number of hydrogen-bond donors (Lipinski definition) is 1. The van der Waals surface area contributed by atoms with Crippen molar-refractivity contribution in [3.63, 3.8) is 0 Å². The lowest BCUT2D eigenvalue weighted by Gasteiger charge is -2.31. The van der Waals surface area contributed by atoms with E-state index < -0.39 is 0 Å². The van der Waals surface area contributed by atoms with Crippen LogP contribution in [-0.4, -0.2) is 51.3 Å². The Morgan fingerprint density at radius 1 is 1.14 bits per heavy atom. The van der Waals surface area contributed by atoms with E-state index in [-0.39, 0.29) is 12.0 Å². The number of rotatable bonds is 4. The van der Waals surface area contributed by atoms with Crippen molar-refractivity contribution in [2.75, 3.05) is 40.2 Å². The van der Waals surface area contributed by atoms with E-state index in [2.05, 4.69) is 0 Å². The topological polar surface area (TPSA) is 74.0 Å². The van der Waals surface area contributed by atoms with E-state index in [1.54, 1.807) is 24.1 Å². The van der Waals surface area contributed by atoms with E-state index in [9.17, 15) is 4.79 Å². The number of likely N-dealkylation sites (tertiary alicyclic amines) is 1. The van der Waals surface area contributed by atoms with Gasteiger partial charge in [0, 0.05) is 32.0 Å². The first-order valence-electron chi connectivity index (χ1n) is 6.94. The third-order valence-electron chi connectivity index (χ3n) is 3.85. The van der Waals surface area contributed by atoms with Crippen LogP contribution in [-0.2, 0) is 4.74 Å². The molecule has 6 nitrogen and oxygen atoms in total. The number of nitrogens with zero attached hydrogens (tertiary/aromatic N) is 1. The van der Waals surface area contributed by atoms with Crippen LogP contribution in [0.25, 0.3) is 0 Å². The summed E-state index contributed by atoms with van der Waals surface area (Å²) >= 11 is 0. The van der Waals surface area contributed by atoms with Crippen LogP contribution in [0.2, 0.25) is 0 Å². The van der Waals surface area contributed by atoms with Crippen molar-refractivity contribution >= 4 is 11.6 Å². The molecular formula is C15H22N2O4. The van der Waals surface area contributed by atoms with Crippen LogP contribution in [0.5, 0.6) is 11.5 Å². The van der Waals surface area contributed by atoms with E-state index in [4.69, 9.17) is 19.9 Å². The quantitative estimate of drug-likeness (QED) is 0.853. The molecule has 116 valence electrons. The molecule has 0 atom stereocenters. The predicted octanol–water partition coefficient (Wildman–Crippen LogP) is 1.54. The number of nitrogen functional groups attached to an aromatic ring is 1. The summed E-state index contributed by atoms with van der Waals surface area (Å²) in [6.45, 7) is 1.34. The van der Waals surface area contributed by atoms with Crippen LogP contribution in [0.1, 0.15) is 23.2 Å². The molecule has 0 unspecified atom stereocenters. The maximum atomic E-state index is 12.6. The molecule has 0 saturated carbocycles. The van der Waals surface area contributed by atoms with Crippen molar-refractivity contribution in [2.24, 2.45) is 0 Å². The molecule has 21 heavy (non-hydrogen) atoms. The summed E-state index contributed by atoms with van der Waals surface area (Å²) in [7, 11) is 4.77. The Balaban J connectivity index is 2.19. The van der Waals surface area contributed by atoms with Gasteiger partial charge in [0.25, 0.3) is 5.91 Å². The summed E-state index contributed by atoms with van der Waals surface area (Å²) in [6.07, 6.45) is 1.92. The van der Waals surface area contributed by atoms with Crippen LogP contribution in [0.15, 0.2) is 12.1 Å². The Kier molecular flexibility index (Phi) is 4.90. The van der Waals surface area contributed by atoms with E-state index >= 15 is 0 Å². The van der Waals surface area contributed by atoms with Crippen molar-refractivity contribution in [2.45, 2.75) is 18.9 Å². The number of carbonyl (C=O) groups is 1. The molecule has 1 aliphatic rings. The molecular weight excluding hydrogens is 272 g/mol. The molecule has 0 radical (unpaired) electrons. The van der Waals surface area contributed by atoms with Gasteiger partial charge in [0.1, 0.15) is 0 Å². The number of nitrogens with two attached hydrogens (primary N) is 1. The molecule has 0 spiro atoms. The van der Waals surface area contributed by atoms with Crippen molar-refractivity contribution in [3.8, 4) is 11.5 Å². The first-order valence-corrected chi connectivity index (χ1v) is 6.94. The van der Waals surface area contributed by atoms with Gasteiger partial charge in [-0.15, -0.1) is 0 Å². The summed E-state index contributed by atoms with van der Waals surface area (Å²) in [5.41, 5.74) is 6.82. The van der Waals surface area contributed by atoms with Crippen molar-refractivity contribution < 1.29 is 19.0 Å². The number of benzene rings is 1. The third kappa shape index (κ3) is 3.21. The average Bonchev–Trinajstić information content (AvgIpc) is 2.54. The normalized spacial score (nSPS) is 15.9. The van der Waals surface area contributed by atoms with Gasteiger partial charge < -0.3 is 24.8 Å². The summed E-state index contributed by atoms with van der Waals surface area (Å²) < 4.78 is 15.7. The molecule has 1 saturated heterocycles. The third-order valence-corrected chi connectivity index (χ3v) is 3.85. The van der Waals surface area contributed by atoms with Crippen LogP contribution in [0.3, 0.4) is 0 Å². The summed E-state index contributed by atoms with van der Waals surface area (Å²) in [4.78, 5) is 14.4. The van der Waals surface area contributed by atoms with Crippen molar-refractivity contribution in [3.05, 3.63) is 17.7 Å². The Bertz CT molecular complexity index is 511. The second-order valence-electron chi connectivity index (χ2n) is 5.02. The minimum Gasteiger partial charge on any atom is -0.493 e. The fraction of sp³-hybridized carbons (Fsp3) is 0.533. The molecule has 0 aliphatic carbocycles. The Morgan fingerprint density at radius 2 is 1.71 bits per heavy atom. The van der Waals surface area contributed by atoms with Crippen molar-refractivity contribution in [1.29, 1.82) is 0 Å². The lowest BCUT2D eigenvalue weighted by molar-refractivity contribution is 0.0351. The van der Waals surface area contributed by atoms with E-state index in [0.717, 1.165) is 12.8 Å². The van der Waals surface area contributed by atoms with Crippen LogP contribution in [0, 0.1) is 0 Å². The molecule has 1 aromatic rings. The molecule has 6 heteroatoms. The minimum absolute atomic E-state index is 0.0805. The van der Waals surface area contributed by atoms with Gasteiger partial charge in [0.15, 0.2) is 11.5 Å². The number of methoxy groups -OCH3 is 3. The van der Waals surface area contributed by atoms with E-state index in [0.29, 0.717) is 35.8 Å². The molecule has 1 aromatic carbocycles. The van der Waals surface area contributed by atoms with Crippen molar-refractivity contribution in [1.82, 2.24) is 4.90 Å². The van der Waals surface area contributed by atoms with Crippen LogP contribution >= 0.6 is 0 Å². The summed E-state index contributed by atoms with van der Waals surface area (Å²) in [5, 5.41) is 0. The monoisotopic (exact) mass is 294 g/mol. The number of piperidine rings is 1. The first kappa shape index (κ1) is 15.4. The number of amides is 1. The largest absolute Gasteiger partial charge is 0.493 e. The van der Waals surface area contributed by atoms with Gasteiger partial charge >= 0.3 is 0 Å². The van der Waals surface area contributed by atoms with Gasteiger partial charge in [-0.1, -0.05) is 0 Å². The Morgan fingerprint density at radius 3 is 2.24 bits per heavy atom. The highest BCUT2D eigenvalue weighted by Crippen LogP contribution is 2.32. The van der Waals surface area contributed by atoms with Gasteiger partial charge in [-0.2, -0.15) is 0 Å². The fourth-order valence-electron chi connectivity index (χ4n) is 2.54. The molecule has 2 rings (SSSR count). The molecule has 1 aliphatic heterocycles. The fourth-order valence-corrected chi connectivity index (χ4v) is 2.54. The molecule has 1 fully saturated rings.